The smallest absolute Gasteiger partial charge is 0.265 e. The van der Waals surface area contributed by atoms with Crippen LogP contribution in [0.5, 0.6) is 0 Å². The van der Waals surface area contributed by atoms with Crippen molar-refractivity contribution in [2.45, 2.75) is 6.42 Å². The summed E-state index contributed by atoms with van der Waals surface area (Å²) in [6.07, 6.45) is 0.351. The first kappa shape index (κ1) is 12.2. The summed E-state index contributed by atoms with van der Waals surface area (Å²) in [4.78, 5) is 23.8. The molecular formula is C13H9ClN2O2S. The van der Waals surface area contributed by atoms with Crippen LogP contribution >= 0.6 is 22.9 Å². The Labute approximate surface area is 118 Å². The Bertz CT molecular complexity index is 681. The van der Waals surface area contributed by atoms with E-state index in [0.717, 1.165) is 11.3 Å². The summed E-state index contributed by atoms with van der Waals surface area (Å²) in [6.45, 7) is 0. The van der Waals surface area contributed by atoms with E-state index in [9.17, 15) is 9.59 Å². The molecule has 2 amide bonds. The molecule has 0 atom stereocenters. The first-order chi connectivity index (χ1) is 9.11. The summed E-state index contributed by atoms with van der Waals surface area (Å²) in [6, 6.07) is 8.72. The number of anilines is 2. The van der Waals surface area contributed by atoms with E-state index in [1.807, 2.05) is 0 Å². The number of carbonyl (C=O) groups excluding carboxylic acids is 2. The van der Waals surface area contributed by atoms with E-state index in [4.69, 9.17) is 11.6 Å². The van der Waals surface area contributed by atoms with Crippen molar-refractivity contribution < 1.29 is 9.59 Å². The number of nitrogens with one attached hydrogen (secondary N) is 2. The van der Waals surface area contributed by atoms with Crippen LogP contribution in [0.1, 0.15) is 15.2 Å². The third kappa shape index (κ3) is 2.47. The summed E-state index contributed by atoms with van der Waals surface area (Å²) in [5, 5.41) is 5.54. The van der Waals surface area contributed by atoms with Gasteiger partial charge in [0.2, 0.25) is 5.91 Å². The lowest BCUT2D eigenvalue weighted by Gasteiger charge is -2.05. The van der Waals surface area contributed by atoms with Crippen LogP contribution in [0.15, 0.2) is 30.3 Å². The van der Waals surface area contributed by atoms with E-state index in [2.05, 4.69) is 10.6 Å². The van der Waals surface area contributed by atoms with E-state index in [1.54, 1.807) is 30.3 Å². The van der Waals surface area contributed by atoms with Crippen LogP contribution in [0.3, 0.4) is 0 Å². The number of fused-ring (bicyclic) bond motifs is 1. The monoisotopic (exact) mass is 292 g/mol. The van der Waals surface area contributed by atoms with Crippen molar-refractivity contribution >= 4 is 46.1 Å². The average Bonchev–Trinajstić information content (AvgIpc) is 2.93. The fourth-order valence-electron chi connectivity index (χ4n) is 1.94. The van der Waals surface area contributed by atoms with Crippen LogP contribution in [0, 0.1) is 0 Å². The van der Waals surface area contributed by atoms with E-state index in [1.165, 1.54) is 11.3 Å². The number of hydrogen-bond acceptors (Lipinski definition) is 3. The van der Waals surface area contributed by atoms with Gasteiger partial charge in [0.25, 0.3) is 5.91 Å². The van der Waals surface area contributed by atoms with Crippen LogP contribution in [-0.4, -0.2) is 11.8 Å². The quantitative estimate of drug-likeness (QED) is 0.893. The van der Waals surface area contributed by atoms with Crippen LogP contribution in [-0.2, 0) is 11.2 Å². The molecule has 0 saturated carbocycles. The van der Waals surface area contributed by atoms with Crippen molar-refractivity contribution in [3.05, 3.63) is 45.1 Å². The maximum atomic E-state index is 12.0. The molecule has 1 aliphatic heterocycles. The Morgan fingerprint density at radius 2 is 2.16 bits per heavy atom. The maximum Gasteiger partial charge on any atom is 0.265 e. The van der Waals surface area contributed by atoms with Gasteiger partial charge in [-0.1, -0.05) is 11.6 Å². The lowest BCUT2D eigenvalue weighted by Crippen LogP contribution is -2.10. The Morgan fingerprint density at radius 1 is 1.32 bits per heavy atom. The SMILES string of the molecule is O=C1Cc2cc(NC(=O)c3ccc(Cl)s3)ccc2N1. The molecule has 96 valence electrons. The molecule has 2 N–H and O–H groups in total. The minimum absolute atomic E-state index is 0.0245. The fourth-order valence-corrected chi connectivity index (χ4v) is 2.87. The molecule has 0 spiro atoms. The van der Waals surface area contributed by atoms with Crippen molar-refractivity contribution in [1.29, 1.82) is 0 Å². The molecule has 2 aromatic rings. The van der Waals surface area contributed by atoms with Gasteiger partial charge < -0.3 is 10.6 Å². The Balaban J connectivity index is 1.79. The lowest BCUT2D eigenvalue weighted by atomic mass is 10.1. The molecule has 0 fully saturated rings. The predicted octanol–water partition coefficient (Wildman–Crippen LogP) is 3.15. The summed E-state index contributed by atoms with van der Waals surface area (Å²) in [5.41, 5.74) is 2.37. The van der Waals surface area contributed by atoms with Crippen molar-refractivity contribution in [2.75, 3.05) is 10.6 Å². The third-order valence-electron chi connectivity index (χ3n) is 2.79. The largest absolute Gasteiger partial charge is 0.326 e. The van der Waals surface area contributed by atoms with Gasteiger partial charge >= 0.3 is 0 Å². The van der Waals surface area contributed by atoms with E-state index < -0.39 is 0 Å². The number of carbonyl (C=O) groups is 2. The summed E-state index contributed by atoms with van der Waals surface area (Å²) >= 11 is 7.02. The Morgan fingerprint density at radius 3 is 2.89 bits per heavy atom. The van der Waals surface area contributed by atoms with Crippen LogP contribution in [0.4, 0.5) is 11.4 Å². The van der Waals surface area contributed by atoms with Crippen molar-refractivity contribution in [2.24, 2.45) is 0 Å². The van der Waals surface area contributed by atoms with Crippen molar-refractivity contribution in [3.8, 4) is 0 Å². The van der Waals surface area contributed by atoms with Crippen LogP contribution in [0.25, 0.3) is 0 Å². The molecular weight excluding hydrogens is 284 g/mol. The van der Waals surface area contributed by atoms with Gasteiger partial charge in [-0.3, -0.25) is 9.59 Å². The standard InChI is InChI=1S/C13H9ClN2O2S/c14-11-4-3-10(19-11)13(18)15-8-1-2-9-7(5-8)6-12(17)16-9/h1-5H,6H2,(H,15,18)(H,16,17). The molecule has 1 aromatic heterocycles. The molecule has 0 saturated heterocycles. The maximum absolute atomic E-state index is 12.0. The second-order valence-electron chi connectivity index (χ2n) is 4.15. The topological polar surface area (TPSA) is 58.2 Å². The van der Waals surface area contributed by atoms with Gasteiger partial charge in [0.15, 0.2) is 0 Å². The minimum atomic E-state index is -0.200. The molecule has 0 aliphatic carbocycles. The third-order valence-corrected chi connectivity index (χ3v) is 4.02. The minimum Gasteiger partial charge on any atom is -0.326 e. The molecule has 3 rings (SSSR count). The van der Waals surface area contributed by atoms with Crippen molar-refractivity contribution in [3.63, 3.8) is 0 Å². The highest BCUT2D eigenvalue weighted by atomic mass is 35.5. The molecule has 0 bridgehead atoms. The highest BCUT2D eigenvalue weighted by Gasteiger charge is 2.18. The second kappa shape index (κ2) is 4.68. The normalized spacial score (nSPS) is 13.0. The van der Waals surface area contributed by atoms with Gasteiger partial charge in [0.1, 0.15) is 0 Å². The van der Waals surface area contributed by atoms with Gasteiger partial charge in [-0.2, -0.15) is 0 Å². The zero-order valence-corrected chi connectivity index (χ0v) is 11.3. The van der Waals surface area contributed by atoms with Crippen LogP contribution < -0.4 is 10.6 Å². The van der Waals surface area contributed by atoms with Gasteiger partial charge in [-0.25, -0.2) is 0 Å². The number of benzene rings is 1. The number of hydrogen-bond donors (Lipinski definition) is 2. The zero-order valence-electron chi connectivity index (χ0n) is 9.70. The molecule has 2 heterocycles. The lowest BCUT2D eigenvalue weighted by molar-refractivity contribution is -0.115. The molecule has 19 heavy (non-hydrogen) atoms. The Hall–Kier alpha value is -1.85. The van der Waals surface area contributed by atoms with Gasteiger partial charge in [-0.05, 0) is 35.9 Å². The number of thiophene rings is 1. The zero-order chi connectivity index (χ0) is 13.4. The first-order valence-electron chi connectivity index (χ1n) is 5.61. The summed E-state index contributed by atoms with van der Waals surface area (Å²) in [7, 11) is 0. The van der Waals surface area contributed by atoms with Crippen molar-refractivity contribution in [1.82, 2.24) is 0 Å². The van der Waals surface area contributed by atoms with E-state index in [0.29, 0.717) is 21.3 Å². The van der Waals surface area contributed by atoms with Gasteiger partial charge in [0, 0.05) is 11.4 Å². The highest BCUT2D eigenvalue weighted by Crippen LogP contribution is 2.27. The van der Waals surface area contributed by atoms with E-state index >= 15 is 0 Å². The number of amides is 2. The molecule has 4 nitrogen and oxygen atoms in total. The number of rotatable bonds is 2. The molecule has 0 unspecified atom stereocenters. The van der Waals surface area contributed by atoms with Crippen LogP contribution in [0.2, 0.25) is 4.34 Å². The predicted molar refractivity (Wildman–Crippen MR) is 76.1 cm³/mol. The molecule has 0 radical (unpaired) electrons. The average molecular weight is 293 g/mol. The van der Waals surface area contributed by atoms with E-state index in [-0.39, 0.29) is 11.8 Å². The molecule has 1 aromatic carbocycles. The first-order valence-corrected chi connectivity index (χ1v) is 6.81. The highest BCUT2D eigenvalue weighted by molar-refractivity contribution is 7.18. The summed E-state index contributed by atoms with van der Waals surface area (Å²) in [5.74, 6) is -0.224. The fraction of sp³-hybridized carbons (Fsp3) is 0.0769. The van der Waals surface area contributed by atoms with Gasteiger partial charge in [-0.15, -0.1) is 11.3 Å². The Kier molecular flexibility index (Phi) is 3.00. The molecule has 1 aliphatic rings. The molecule has 6 heteroatoms. The second-order valence-corrected chi connectivity index (χ2v) is 5.87. The number of halogens is 1. The van der Waals surface area contributed by atoms with Gasteiger partial charge in [0.05, 0.1) is 15.6 Å². The summed E-state index contributed by atoms with van der Waals surface area (Å²) < 4.78 is 0.578.